The zero-order valence-electron chi connectivity index (χ0n) is 17.0. The lowest BCUT2D eigenvalue weighted by Crippen LogP contribution is -2.27. The number of nitrogens with one attached hydrogen (secondary N) is 1. The van der Waals surface area contributed by atoms with Gasteiger partial charge in [-0.1, -0.05) is 18.2 Å². The van der Waals surface area contributed by atoms with Gasteiger partial charge in [0, 0.05) is 23.2 Å². The monoisotopic (exact) mass is 408 g/mol. The Morgan fingerprint density at radius 3 is 2.67 bits per heavy atom. The highest BCUT2D eigenvalue weighted by molar-refractivity contribution is 5.92. The smallest absolute Gasteiger partial charge is 0.220 e. The Morgan fingerprint density at radius 1 is 1.13 bits per heavy atom. The molecule has 0 bridgehead atoms. The summed E-state index contributed by atoms with van der Waals surface area (Å²) in [6, 6.07) is 11.1. The lowest BCUT2D eigenvalue weighted by Gasteiger charge is -2.15. The molecule has 1 amide bonds. The number of nitrogens with zero attached hydrogens (tertiary/aromatic N) is 3. The van der Waals surface area contributed by atoms with Crippen molar-refractivity contribution in [2.24, 2.45) is 0 Å². The molecule has 0 fully saturated rings. The molecule has 30 heavy (non-hydrogen) atoms. The molecule has 4 aromatic rings. The van der Waals surface area contributed by atoms with Gasteiger partial charge in [-0.2, -0.15) is 5.10 Å². The molecule has 1 atom stereocenters. The first-order valence-electron chi connectivity index (χ1n) is 9.83. The fraction of sp³-hybridized carbons (Fsp3) is 0.261. The molecule has 1 N–H and O–H groups in total. The summed E-state index contributed by atoms with van der Waals surface area (Å²) in [6.45, 7) is 5.65. The van der Waals surface area contributed by atoms with Gasteiger partial charge in [0.05, 0.1) is 11.6 Å². The summed E-state index contributed by atoms with van der Waals surface area (Å²) in [4.78, 5) is 17.2. The molecule has 0 aliphatic rings. The lowest BCUT2D eigenvalue weighted by molar-refractivity contribution is -0.121. The lowest BCUT2D eigenvalue weighted by atomic mass is 10.0. The number of aryl methyl sites for hydroxylation is 2. The van der Waals surface area contributed by atoms with Crippen molar-refractivity contribution >= 4 is 22.5 Å². The summed E-state index contributed by atoms with van der Waals surface area (Å²) in [7, 11) is 0. The maximum atomic E-state index is 13.4. The highest BCUT2D eigenvalue weighted by atomic mass is 19.2. The molecule has 2 aromatic carbocycles. The third-order valence-corrected chi connectivity index (χ3v) is 5.44. The highest BCUT2D eigenvalue weighted by Crippen LogP contribution is 2.23. The van der Waals surface area contributed by atoms with E-state index in [9.17, 15) is 13.6 Å². The van der Waals surface area contributed by atoms with Crippen molar-refractivity contribution in [1.82, 2.24) is 19.9 Å². The Bertz CT molecular complexity index is 1270. The molecule has 2 heterocycles. The van der Waals surface area contributed by atoms with Gasteiger partial charge in [-0.15, -0.1) is 0 Å². The molecule has 0 saturated carbocycles. The highest BCUT2D eigenvalue weighted by Gasteiger charge is 2.16. The first kappa shape index (κ1) is 19.9. The van der Waals surface area contributed by atoms with Crippen LogP contribution in [0.3, 0.4) is 0 Å². The van der Waals surface area contributed by atoms with Crippen LogP contribution >= 0.6 is 0 Å². The van der Waals surface area contributed by atoms with Crippen molar-refractivity contribution in [2.75, 3.05) is 0 Å². The van der Waals surface area contributed by atoms with Gasteiger partial charge in [-0.25, -0.2) is 18.3 Å². The summed E-state index contributed by atoms with van der Waals surface area (Å²) in [6.07, 6.45) is 0.761. The van der Waals surface area contributed by atoms with Crippen LogP contribution in [0.15, 0.2) is 42.5 Å². The number of halogens is 2. The van der Waals surface area contributed by atoms with E-state index < -0.39 is 17.7 Å². The molecular formula is C23H22F2N4O. The van der Waals surface area contributed by atoms with Crippen molar-refractivity contribution < 1.29 is 13.6 Å². The number of hydrogen-bond acceptors (Lipinski definition) is 3. The standard InChI is InChI=1S/C23H22F2N4O/c1-13(16-8-10-19(24)20(25)12-16)26-22(30)11-9-17-14(2)27-23-18-6-4-5-7-21(18)28-29(23)15(17)3/h4-8,10,12-13H,9,11H2,1-3H3,(H,26,30)/t13-/m0/s1. The summed E-state index contributed by atoms with van der Waals surface area (Å²) in [5.41, 5.74) is 5.00. The minimum atomic E-state index is -0.925. The minimum absolute atomic E-state index is 0.170. The predicted molar refractivity (Wildman–Crippen MR) is 111 cm³/mol. The van der Waals surface area contributed by atoms with E-state index >= 15 is 0 Å². The number of fused-ring (bicyclic) bond motifs is 3. The van der Waals surface area contributed by atoms with E-state index in [1.165, 1.54) is 6.07 Å². The molecule has 0 aliphatic carbocycles. The maximum absolute atomic E-state index is 13.4. The molecule has 0 aliphatic heterocycles. The topological polar surface area (TPSA) is 59.3 Å². The van der Waals surface area contributed by atoms with Crippen molar-refractivity contribution in [3.8, 4) is 0 Å². The van der Waals surface area contributed by atoms with Gasteiger partial charge >= 0.3 is 0 Å². The van der Waals surface area contributed by atoms with E-state index in [2.05, 4.69) is 10.4 Å². The van der Waals surface area contributed by atoms with Crippen molar-refractivity contribution in [2.45, 2.75) is 39.7 Å². The maximum Gasteiger partial charge on any atom is 0.220 e. The van der Waals surface area contributed by atoms with Crippen LogP contribution in [0.4, 0.5) is 8.78 Å². The number of aromatic nitrogens is 3. The molecule has 2 aromatic heterocycles. The number of rotatable bonds is 5. The molecule has 0 spiro atoms. The Kier molecular flexibility index (Phi) is 5.20. The SMILES string of the molecule is Cc1nc2c3ccccc3nn2c(C)c1CCC(=O)N[C@@H](C)c1ccc(F)c(F)c1. The van der Waals surface area contributed by atoms with E-state index in [0.717, 1.165) is 45.6 Å². The van der Waals surface area contributed by atoms with Gasteiger partial charge in [0.2, 0.25) is 5.91 Å². The summed E-state index contributed by atoms with van der Waals surface area (Å²) >= 11 is 0. The van der Waals surface area contributed by atoms with Gasteiger partial charge in [-0.3, -0.25) is 4.79 Å². The Labute approximate surface area is 172 Å². The fourth-order valence-electron chi connectivity index (χ4n) is 3.76. The van der Waals surface area contributed by atoms with Crippen molar-refractivity contribution in [3.63, 3.8) is 0 Å². The first-order valence-corrected chi connectivity index (χ1v) is 9.83. The second-order valence-corrected chi connectivity index (χ2v) is 7.48. The summed E-state index contributed by atoms with van der Waals surface area (Å²) in [5.74, 6) is -2.00. The average Bonchev–Trinajstić information content (AvgIpc) is 3.08. The fourth-order valence-corrected chi connectivity index (χ4v) is 3.76. The molecule has 0 saturated heterocycles. The normalized spacial score (nSPS) is 12.4. The van der Waals surface area contributed by atoms with Crippen molar-refractivity contribution in [3.05, 3.63) is 76.6 Å². The largest absolute Gasteiger partial charge is 0.350 e. The van der Waals surface area contributed by atoms with Crippen LogP contribution in [0, 0.1) is 25.5 Å². The summed E-state index contributed by atoms with van der Waals surface area (Å²) < 4.78 is 28.4. The van der Waals surface area contributed by atoms with E-state index in [0.29, 0.717) is 12.0 Å². The second-order valence-electron chi connectivity index (χ2n) is 7.48. The van der Waals surface area contributed by atoms with Gasteiger partial charge in [0.15, 0.2) is 17.3 Å². The molecule has 0 radical (unpaired) electrons. The van der Waals surface area contributed by atoms with E-state index in [1.807, 2.05) is 42.6 Å². The Morgan fingerprint density at radius 2 is 1.90 bits per heavy atom. The van der Waals surface area contributed by atoms with Crippen molar-refractivity contribution in [1.29, 1.82) is 0 Å². The zero-order chi connectivity index (χ0) is 21.4. The molecular weight excluding hydrogens is 386 g/mol. The number of amides is 1. The molecule has 0 unspecified atom stereocenters. The molecule has 154 valence electrons. The second kappa shape index (κ2) is 7.82. The van der Waals surface area contributed by atoms with Crippen LogP contribution in [-0.4, -0.2) is 20.5 Å². The summed E-state index contributed by atoms with van der Waals surface area (Å²) in [5, 5.41) is 8.47. The van der Waals surface area contributed by atoms with Crippen LogP contribution in [0.2, 0.25) is 0 Å². The molecule has 4 rings (SSSR count). The van der Waals surface area contributed by atoms with E-state index in [1.54, 1.807) is 6.92 Å². The van der Waals surface area contributed by atoms with Gasteiger partial charge < -0.3 is 5.32 Å². The minimum Gasteiger partial charge on any atom is -0.350 e. The van der Waals surface area contributed by atoms with Crippen LogP contribution in [0.25, 0.3) is 16.6 Å². The van der Waals surface area contributed by atoms with Gasteiger partial charge in [-0.05, 0) is 62.6 Å². The van der Waals surface area contributed by atoms with Gasteiger partial charge in [0.25, 0.3) is 0 Å². The number of hydrogen-bond donors (Lipinski definition) is 1. The Hall–Kier alpha value is -3.35. The van der Waals surface area contributed by atoms with Crippen LogP contribution in [0.5, 0.6) is 0 Å². The molecule has 7 heteroatoms. The van der Waals surface area contributed by atoms with Crippen LogP contribution in [0.1, 0.15) is 41.9 Å². The van der Waals surface area contributed by atoms with Crippen LogP contribution in [-0.2, 0) is 11.2 Å². The number of carbonyl (C=O) groups excluding carboxylic acids is 1. The number of benzene rings is 2. The Balaban J connectivity index is 1.50. The first-order chi connectivity index (χ1) is 14.3. The quantitative estimate of drug-likeness (QED) is 0.526. The van der Waals surface area contributed by atoms with E-state index in [-0.39, 0.29) is 12.3 Å². The van der Waals surface area contributed by atoms with E-state index in [4.69, 9.17) is 4.98 Å². The third kappa shape index (κ3) is 3.63. The van der Waals surface area contributed by atoms with Gasteiger partial charge in [0.1, 0.15) is 0 Å². The average molecular weight is 408 g/mol. The predicted octanol–water partition coefficient (Wildman–Crippen LogP) is 4.59. The van der Waals surface area contributed by atoms with Crippen LogP contribution < -0.4 is 5.32 Å². The third-order valence-electron chi connectivity index (χ3n) is 5.44. The molecule has 5 nitrogen and oxygen atoms in total. The zero-order valence-corrected chi connectivity index (χ0v) is 17.0. The number of carbonyl (C=O) groups is 1.